The van der Waals surface area contributed by atoms with Crippen LogP contribution in [0.1, 0.15) is 53.1 Å². The average Bonchev–Trinajstić information content (AvgIpc) is 3.55. The number of hydrogen-bond acceptors (Lipinski definition) is 4. The molecule has 2 aliphatic rings. The number of hydrogen-bond donors (Lipinski definition) is 2. The summed E-state index contributed by atoms with van der Waals surface area (Å²) < 4.78 is 18.9. The monoisotopic (exact) mass is 383 g/mol. The summed E-state index contributed by atoms with van der Waals surface area (Å²) in [6.45, 7) is 4.14. The molecule has 1 aliphatic heterocycles. The van der Waals surface area contributed by atoms with Crippen molar-refractivity contribution in [1.29, 1.82) is 0 Å². The molecule has 28 heavy (non-hydrogen) atoms. The van der Waals surface area contributed by atoms with E-state index in [2.05, 4.69) is 15.6 Å². The van der Waals surface area contributed by atoms with Gasteiger partial charge in [0.1, 0.15) is 11.6 Å². The maximum atomic E-state index is 13.6. The van der Waals surface area contributed by atoms with Gasteiger partial charge in [-0.1, -0.05) is 6.07 Å². The molecular weight excluding hydrogens is 357 g/mol. The molecule has 1 aliphatic carbocycles. The van der Waals surface area contributed by atoms with Crippen LogP contribution in [0.5, 0.6) is 0 Å². The lowest BCUT2D eigenvalue weighted by Crippen LogP contribution is -2.32. The Balaban J connectivity index is 1.49. The molecular formula is C22H26FN3O2. The molecule has 0 atom stereocenters. The van der Waals surface area contributed by atoms with Crippen LogP contribution in [0, 0.1) is 18.7 Å². The first-order chi connectivity index (χ1) is 13.6. The van der Waals surface area contributed by atoms with Gasteiger partial charge in [-0.15, -0.1) is 0 Å². The Labute approximate surface area is 164 Å². The predicted molar refractivity (Wildman–Crippen MR) is 107 cm³/mol. The molecule has 0 spiro atoms. The second-order valence-electron chi connectivity index (χ2n) is 7.78. The van der Waals surface area contributed by atoms with Gasteiger partial charge >= 0.3 is 0 Å². The van der Waals surface area contributed by atoms with Gasteiger partial charge < -0.3 is 15.4 Å². The first-order valence-electron chi connectivity index (χ1n) is 9.99. The summed E-state index contributed by atoms with van der Waals surface area (Å²) in [7, 11) is 0. The normalized spacial score (nSPS) is 17.4. The Hall–Kier alpha value is -2.47. The van der Waals surface area contributed by atoms with Crippen LogP contribution < -0.4 is 10.6 Å². The van der Waals surface area contributed by atoms with E-state index in [1.165, 1.54) is 12.1 Å². The fraction of sp³-hybridized carbons (Fsp3) is 0.455. The van der Waals surface area contributed by atoms with Crippen LogP contribution in [0.25, 0.3) is 0 Å². The molecule has 6 heteroatoms. The van der Waals surface area contributed by atoms with Gasteiger partial charge in [0.05, 0.1) is 5.56 Å². The van der Waals surface area contributed by atoms with Crippen molar-refractivity contribution < 1.29 is 13.9 Å². The zero-order valence-corrected chi connectivity index (χ0v) is 16.1. The highest BCUT2D eigenvalue weighted by Crippen LogP contribution is 2.42. The summed E-state index contributed by atoms with van der Waals surface area (Å²) in [6.07, 6.45) is 5.79. The number of amides is 1. The van der Waals surface area contributed by atoms with Gasteiger partial charge in [0.2, 0.25) is 0 Å². The van der Waals surface area contributed by atoms with Crippen molar-refractivity contribution in [3.63, 3.8) is 0 Å². The van der Waals surface area contributed by atoms with E-state index < -0.39 is 0 Å². The number of benzene rings is 1. The standard InChI is InChI=1S/C22H26FN3O2/c1-14-2-5-17(23)10-20(14)26-21-11-18(16-3-4-16)19(13-24-21)22(27)25-12-15-6-8-28-9-7-15/h2,5,10-11,13,15-16H,3-4,6-9,12H2,1H3,(H,24,26)(H,25,27). The molecule has 2 aromatic rings. The fourth-order valence-corrected chi connectivity index (χ4v) is 3.61. The van der Waals surface area contributed by atoms with Gasteiger partial charge in [-0.2, -0.15) is 0 Å². The predicted octanol–water partition coefficient (Wildman–Crippen LogP) is 4.31. The number of aromatic nitrogens is 1. The number of halogens is 1. The maximum Gasteiger partial charge on any atom is 0.253 e. The second kappa shape index (κ2) is 8.27. The molecule has 0 bridgehead atoms. The lowest BCUT2D eigenvalue weighted by Gasteiger charge is -2.22. The van der Waals surface area contributed by atoms with Gasteiger partial charge in [-0.3, -0.25) is 4.79 Å². The first-order valence-corrected chi connectivity index (χ1v) is 9.99. The van der Waals surface area contributed by atoms with Gasteiger partial charge in [0.15, 0.2) is 0 Å². The molecule has 2 N–H and O–H groups in total. The van der Waals surface area contributed by atoms with Crippen LogP contribution in [-0.4, -0.2) is 30.6 Å². The third-order valence-corrected chi connectivity index (χ3v) is 5.55. The van der Waals surface area contributed by atoms with E-state index in [4.69, 9.17) is 4.74 Å². The smallest absolute Gasteiger partial charge is 0.253 e. The number of carbonyl (C=O) groups excluding carboxylic acids is 1. The molecule has 1 aromatic heterocycles. The third kappa shape index (κ3) is 4.50. The summed E-state index contributed by atoms with van der Waals surface area (Å²) in [6, 6.07) is 6.57. The summed E-state index contributed by atoms with van der Waals surface area (Å²) in [5, 5.41) is 6.26. The van der Waals surface area contributed by atoms with E-state index in [9.17, 15) is 9.18 Å². The quantitative estimate of drug-likeness (QED) is 0.780. The number of rotatable bonds is 6. The van der Waals surface area contributed by atoms with Crippen LogP contribution in [0.4, 0.5) is 15.9 Å². The minimum atomic E-state index is -0.292. The summed E-state index contributed by atoms with van der Waals surface area (Å²) in [4.78, 5) is 17.2. The third-order valence-electron chi connectivity index (χ3n) is 5.55. The van der Waals surface area contributed by atoms with Crippen molar-refractivity contribution in [3.05, 3.63) is 53.0 Å². The fourth-order valence-electron chi connectivity index (χ4n) is 3.61. The van der Waals surface area contributed by atoms with Crippen LogP contribution in [0.3, 0.4) is 0 Å². The Kier molecular flexibility index (Phi) is 5.57. The van der Waals surface area contributed by atoms with Crippen LogP contribution in [0.2, 0.25) is 0 Å². The van der Waals surface area contributed by atoms with Crippen molar-refractivity contribution in [3.8, 4) is 0 Å². The second-order valence-corrected chi connectivity index (χ2v) is 7.78. The van der Waals surface area contributed by atoms with E-state index in [1.807, 2.05) is 13.0 Å². The molecule has 2 fully saturated rings. The molecule has 1 saturated carbocycles. The molecule has 1 saturated heterocycles. The topological polar surface area (TPSA) is 63.2 Å². The zero-order chi connectivity index (χ0) is 19.5. The van der Waals surface area contributed by atoms with Crippen molar-refractivity contribution in [2.45, 2.75) is 38.5 Å². The molecule has 2 heterocycles. The molecule has 1 amide bonds. The highest BCUT2D eigenvalue weighted by molar-refractivity contribution is 5.96. The van der Waals surface area contributed by atoms with Crippen LogP contribution in [0.15, 0.2) is 30.5 Å². The number of pyridine rings is 1. The van der Waals surface area contributed by atoms with Crippen molar-refractivity contribution in [2.75, 3.05) is 25.1 Å². The Morgan fingerprint density at radius 3 is 2.75 bits per heavy atom. The van der Waals surface area contributed by atoms with Crippen LogP contribution in [-0.2, 0) is 4.74 Å². The van der Waals surface area contributed by atoms with Gasteiger partial charge in [-0.25, -0.2) is 9.37 Å². The van der Waals surface area contributed by atoms with E-state index >= 15 is 0 Å². The minimum absolute atomic E-state index is 0.0608. The van der Waals surface area contributed by atoms with Crippen molar-refractivity contribution in [2.24, 2.45) is 5.92 Å². The number of carbonyl (C=O) groups is 1. The maximum absolute atomic E-state index is 13.6. The number of anilines is 2. The largest absolute Gasteiger partial charge is 0.381 e. The summed E-state index contributed by atoms with van der Waals surface area (Å²) in [5.41, 5.74) is 3.30. The summed E-state index contributed by atoms with van der Waals surface area (Å²) in [5.74, 6) is 1.17. The minimum Gasteiger partial charge on any atom is -0.381 e. The van der Waals surface area contributed by atoms with E-state index in [0.717, 1.165) is 50.0 Å². The Bertz CT molecular complexity index is 861. The molecule has 5 nitrogen and oxygen atoms in total. The molecule has 4 rings (SSSR count). The lowest BCUT2D eigenvalue weighted by molar-refractivity contribution is 0.0642. The molecule has 0 unspecified atom stereocenters. The molecule has 148 valence electrons. The highest BCUT2D eigenvalue weighted by Gasteiger charge is 2.29. The number of nitrogens with one attached hydrogen (secondary N) is 2. The molecule has 1 aromatic carbocycles. The van der Waals surface area contributed by atoms with Crippen molar-refractivity contribution >= 4 is 17.4 Å². The van der Waals surface area contributed by atoms with E-state index in [0.29, 0.717) is 35.4 Å². The molecule has 0 radical (unpaired) electrons. The van der Waals surface area contributed by atoms with Crippen molar-refractivity contribution in [1.82, 2.24) is 10.3 Å². The van der Waals surface area contributed by atoms with E-state index in [1.54, 1.807) is 12.3 Å². The summed E-state index contributed by atoms with van der Waals surface area (Å²) >= 11 is 0. The number of ether oxygens (including phenoxy) is 1. The average molecular weight is 383 g/mol. The SMILES string of the molecule is Cc1ccc(F)cc1Nc1cc(C2CC2)c(C(=O)NCC2CCOCC2)cn1. The highest BCUT2D eigenvalue weighted by atomic mass is 19.1. The Morgan fingerprint density at radius 1 is 1.21 bits per heavy atom. The van der Waals surface area contributed by atoms with Gasteiger partial charge in [-0.05, 0) is 73.8 Å². The number of nitrogens with zero attached hydrogens (tertiary/aromatic N) is 1. The first kappa shape index (κ1) is 18.9. The zero-order valence-electron chi connectivity index (χ0n) is 16.1. The Morgan fingerprint density at radius 2 is 2.00 bits per heavy atom. The van der Waals surface area contributed by atoms with E-state index in [-0.39, 0.29) is 11.7 Å². The van der Waals surface area contributed by atoms with Gasteiger partial charge in [0.25, 0.3) is 5.91 Å². The lowest BCUT2D eigenvalue weighted by atomic mass is 10.00. The number of aryl methyl sites for hydroxylation is 1. The van der Waals surface area contributed by atoms with Crippen LogP contribution >= 0.6 is 0 Å². The van der Waals surface area contributed by atoms with Gasteiger partial charge in [0, 0.05) is 31.6 Å².